The third kappa shape index (κ3) is 3.55. The first-order chi connectivity index (χ1) is 13.5. The monoisotopic (exact) mass is 421 g/mol. The number of rotatable bonds is 6. The maximum Gasteiger partial charge on any atom is 0.357 e. The number of ether oxygens (including phenoxy) is 2. The summed E-state index contributed by atoms with van der Waals surface area (Å²) in [5, 5.41) is 9.20. The van der Waals surface area contributed by atoms with E-state index in [2.05, 4.69) is 4.98 Å². The second-order valence-electron chi connectivity index (χ2n) is 5.95. The van der Waals surface area contributed by atoms with Crippen molar-refractivity contribution in [3.63, 3.8) is 0 Å². The van der Waals surface area contributed by atoms with Gasteiger partial charge in [-0.15, -0.1) is 0 Å². The van der Waals surface area contributed by atoms with Crippen LogP contribution in [0.25, 0.3) is 0 Å². The average molecular weight is 422 g/mol. The lowest BCUT2D eigenvalue weighted by Crippen LogP contribution is -2.69. The molecule has 1 aliphatic rings. The molecule has 0 saturated heterocycles. The predicted octanol–water partition coefficient (Wildman–Crippen LogP) is 2.50. The van der Waals surface area contributed by atoms with E-state index in [9.17, 15) is 10.0 Å². The van der Waals surface area contributed by atoms with Gasteiger partial charge in [0.25, 0.3) is 5.06 Å². The Morgan fingerprint density at radius 3 is 2.68 bits per heavy atom. The van der Waals surface area contributed by atoms with E-state index in [1.54, 1.807) is 47.6 Å². The summed E-state index contributed by atoms with van der Waals surface area (Å²) < 4.78 is 13.4. The van der Waals surface area contributed by atoms with E-state index < -0.39 is 16.7 Å². The van der Waals surface area contributed by atoms with Gasteiger partial charge >= 0.3 is 5.72 Å². The molecule has 0 radical (unpaired) electrons. The molecule has 2 heterocycles. The summed E-state index contributed by atoms with van der Waals surface area (Å²) in [5.41, 5.74) is 0.511. The van der Waals surface area contributed by atoms with Gasteiger partial charge < -0.3 is 20.2 Å². The summed E-state index contributed by atoms with van der Waals surface area (Å²) >= 11 is 13.5. The van der Waals surface area contributed by atoms with Gasteiger partial charge in [0.2, 0.25) is 5.91 Å². The fourth-order valence-corrected chi connectivity index (χ4v) is 3.92. The van der Waals surface area contributed by atoms with Crippen molar-refractivity contribution >= 4 is 29.1 Å². The van der Waals surface area contributed by atoms with Crippen molar-refractivity contribution in [2.75, 3.05) is 7.11 Å². The largest absolute Gasteiger partial charge is 0.759 e. The molecule has 1 N–H and O–H groups in total. The Hall–Kier alpha value is -2.29. The summed E-state index contributed by atoms with van der Waals surface area (Å²) in [6.07, 6.45) is 9.31. The van der Waals surface area contributed by atoms with Crippen LogP contribution in [0.4, 0.5) is 0 Å². The summed E-state index contributed by atoms with van der Waals surface area (Å²) in [4.78, 5) is 16.0. The molecule has 7 nitrogen and oxygen atoms in total. The van der Waals surface area contributed by atoms with Gasteiger partial charge in [-0.3, -0.25) is 9.78 Å². The van der Waals surface area contributed by atoms with Crippen molar-refractivity contribution in [1.82, 2.24) is 10.5 Å². The molecule has 9 heteroatoms. The van der Waals surface area contributed by atoms with Crippen LogP contribution in [0.2, 0.25) is 0 Å². The zero-order chi connectivity index (χ0) is 20.2. The second-order valence-corrected chi connectivity index (χ2v) is 6.92. The van der Waals surface area contributed by atoms with E-state index in [0.29, 0.717) is 0 Å². The number of amides is 1. The quantitative estimate of drug-likeness (QED) is 0.439. The number of hydrogen-bond donors (Lipinski definition) is 1. The van der Waals surface area contributed by atoms with Crippen molar-refractivity contribution < 1.29 is 18.8 Å². The van der Waals surface area contributed by atoms with Crippen molar-refractivity contribution in [1.29, 1.82) is 0 Å². The van der Waals surface area contributed by atoms with Gasteiger partial charge in [0, 0.05) is 37.2 Å². The summed E-state index contributed by atoms with van der Waals surface area (Å²) in [6.45, 7) is 0.0583. The van der Waals surface area contributed by atoms with Gasteiger partial charge in [-0.05, 0) is 23.8 Å². The number of hydroxylamine groups is 1. The van der Waals surface area contributed by atoms with Crippen LogP contribution in [0.3, 0.4) is 0 Å². The number of hydrogen-bond acceptors (Lipinski definition) is 5. The highest BCUT2D eigenvalue weighted by Gasteiger charge is 2.64. The van der Waals surface area contributed by atoms with Gasteiger partial charge in [-0.1, -0.05) is 35.3 Å². The fourth-order valence-electron chi connectivity index (χ4n) is 2.99. The topological polar surface area (TPSA) is 87.4 Å². The lowest BCUT2D eigenvalue weighted by atomic mass is 9.93. The highest BCUT2D eigenvalue weighted by atomic mass is 35.5. The first kappa shape index (κ1) is 20.4. The summed E-state index contributed by atoms with van der Waals surface area (Å²) in [7, 11) is 1.42. The van der Waals surface area contributed by atoms with E-state index >= 15 is 0 Å². The molecule has 0 aliphatic heterocycles. The molecule has 2 aromatic heterocycles. The minimum atomic E-state index is -1.75. The van der Waals surface area contributed by atoms with Crippen LogP contribution in [0.1, 0.15) is 5.56 Å². The highest BCUT2D eigenvalue weighted by molar-refractivity contribution is 6.33. The van der Waals surface area contributed by atoms with Crippen LogP contribution in [-0.2, 0) is 26.6 Å². The van der Waals surface area contributed by atoms with E-state index in [0.717, 1.165) is 5.56 Å². The molecule has 28 heavy (non-hydrogen) atoms. The van der Waals surface area contributed by atoms with E-state index in [4.69, 9.17) is 32.7 Å². The molecule has 2 unspecified atom stereocenters. The SMILES string of the molecule is COC1([n+]2ccccc2)C(Cl)=CC(C(=O)N[O-])=CC1(Cl)OCc1cccnc1. The minimum absolute atomic E-state index is 0.0367. The number of aromatic nitrogens is 2. The number of alkyl halides is 1. The number of nitrogens with zero attached hydrogens (tertiary/aromatic N) is 2. The van der Waals surface area contributed by atoms with Gasteiger partial charge in [-0.2, -0.15) is 4.57 Å². The Morgan fingerprint density at radius 2 is 2.07 bits per heavy atom. The van der Waals surface area contributed by atoms with Crippen LogP contribution in [0, 0.1) is 5.21 Å². The number of methoxy groups -OCH3 is 1. The molecule has 0 aromatic carbocycles. The molecule has 0 bridgehead atoms. The van der Waals surface area contributed by atoms with Crippen molar-refractivity contribution in [2.45, 2.75) is 17.4 Å². The number of halogens is 2. The maximum absolute atomic E-state index is 11.9. The van der Waals surface area contributed by atoms with Gasteiger partial charge in [0.1, 0.15) is 5.03 Å². The molecular formula is C19H17Cl2N3O4. The number of carbonyl (C=O) groups excluding carboxylic acids is 1. The van der Waals surface area contributed by atoms with Crippen LogP contribution >= 0.6 is 23.2 Å². The Bertz CT molecular complexity index is 908. The molecule has 0 spiro atoms. The van der Waals surface area contributed by atoms with Crippen LogP contribution < -0.4 is 10.0 Å². The second kappa shape index (κ2) is 8.38. The number of pyridine rings is 2. The number of carbonyl (C=O) groups is 1. The third-order valence-corrected chi connectivity index (χ3v) is 5.15. The van der Waals surface area contributed by atoms with Crippen LogP contribution in [0.15, 0.2) is 77.9 Å². The predicted molar refractivity (Wildman–Crippen MR) is 103 cm³/mol. The lowest BCUT2D eigenvalue weighted by Gasteiger charge is -2.40. The maximum atomic E-state index is 11.9. The summed E-state index contributed by atoms with van der Waals surface area (Å²) in [6, 6.07) is 8.93. The molecule has 1 aliphatic carbocycles. The molecule has 146 valence electrons. The molecule has 2 aromatic rings. The molecule has 3 rings (SSSR count). The zero-order valence-electron chi connectivity index (χ0n) is 14.8. The number of nitrogens with one attached hydrogen (secondary N) is 1. The zero-order valence-corrected chi connectivity index (χ0v) is 16.4. The first-order valence-electron chi connectivity index (χ1n) is 8.23. The van der Waals surface area contributed by atoms with Gasteiger partial charge in [0.15, 0.2) is 12.4 Å². The van der Waals surface area contributed by atoms with Crippen LogP contribution in [-0.4, -0.2) is 23.1 Å². The van der Waals surface area contributed by atoms with Gasteiger partial charge in [0.05, 0.1) is 6.61 Å². The third-order valence-electron chi connectivity index (χ3n) is 4.31. The minimum Gasteiger partial charge on any atom is -0.759 e. The lowest BCUT2D eigenvalue weighted by molar-refractivity contribution is -0.806. The Balaban J connectivity index is 2.11. The van der Waals surface area contributed by atoms with Crippen molar-refractivity contribution in [3.05, 3.63) is 88.6 Å². The Kier molecular flexibility index (Phi) is 6.12. The normalized spacial score (nSPS) is 24.3. The smallest absolute Gasteiger partial charge is 0.357 e. The standard InChI is InChI=1S/C19H17Cl2N3O4/c1-27-19(24-8-3-2-4-9-24)16(20)10-15(17(25)23-26)11-18(19,21)28-13-14-6-5-7-22-12-14/h2-12H,13H2,1H3,(H-,23,25,26). The first-order valence-corrected chi connectivity index (χ1v) is 8.99. The molecule has 2 atom stereocenters. The molecule has 0 fully saturated rings. The Morgan fingerprint density at radius 1 is 1.32 bits per heavy atom. The van der Waals surface area contributed by atoms with Crippen molar-refractivity contribution in [2.24, 2.45) is 0 Å². The summed E-state index contributed by atoms with van der Waals surface area (Å²) in [5.74, 6) is -0.893. The molecule has 1 amide bonds. The van der Waals surface area contributed by atoms with Gasteiger partial charge in [-0.25, -0.2) is 0 Å². The van der Waals surface area contributed by atoms with Crippen LogP contribution in [0.5, 0.6) is 0 Å². The van der Waals surface area contributed by atoms with E-state index in [1.165, 1.54) is 24.7 Å². The van der Waals surface area contributed by atoms with E-state index in [-0.39, 0.29) is 17.2 Å². The molecule has 0 saturated carbocycles. The Labute approximate surface area is 171 Å². The molecular weight excluding hydrogens is 405 g/mol. The van der Waals surface area contributed by atoms with E-state index in [1.807, 2.05) is 12.1 Å². The fraction of sp³-hybridized carbons (Fsp3) is 0.211. The average Bonchev–Trinajstić information content (AvgIpc) is 2.73. The highest BCUT2D eigenvalue weighted by Crippen LogP contribution is 2.47. The van der Waals surface area contributed by atoms with Crippen molar-refractivity contribution in [3.8, 4) is 0 Å².